The Bertz CT molecular complexity index is 209. The van der Waals surface area contributed by atoms with Gasteiger partial charge in [0.15, 0.2) is 0 Å². The lowest BCUT2D eigenvalue weighted by molar-refractivity contribution is 0.0270. The van der Waals surface area contributed by atoms with Gasteiger partial charge < -0.3 is 10.1 Å². The summed E-state index contributed by atoms with van der Waals surface area (Å²) in [6.45, 7) is 4.41. The molecule has 0 amide bonds. The predicted octanol–water partition coefficient (Wildman–Crippen LogP) is 3.89. The molecular formula is C16H31NO. The molecule has 0 radical (unpaired) electrons. The number of hydrogen-bond acceptors (Lipinski definition) is 2. The van der Waals surface area contributed by atoms with Crippen LogP contribution in [0.15, 0.2) is 0 Å². The minimum absolute atomic E-state index is 0.575. The molecule has 2 aliphatic rings. The van der Waals surface area contributed by atoms with Crippen LogP contribution in [0.25, 0.3) is 0 Å². The maximum atomic E-state index is 5.94. The van der Waals surface area contributed by atoms with Crippen molar-refractivity contribution in [1.82, 2.24) is 5.32 Å². The molecule has 2 fully saturated rings. The van der Waals surface area contributed by atoms with Crippen molar-refractivity contribution in [2.45, 2.75) is 83.3 Å². The fourth-order valence-corrected chi connectivity index (χ4v) is 3.21. The normalized spacial score (nSPS) is 23.8. The first-order valence-electron chi connectivity index (χ1n) is 8.19. The molecule has 1 atom stereocenters. The lowest BCUT2D eigenvalue weighted by Crippen LogP contribution is -2.31. The van der Waals surface area contributed by atoms with E-state index in [2.05, 4.69) is 12.2 Å². The van der Waals surface area contributed by atoms with E-state index in [1.807, 2.05) is 0 Å². The zero-order valence-electron chi connectivity index (χ0n) is 12.1. The minimum atomic E-state index is 0.575. The second kappa shape index (κ2) is 8.16. The highest BCUT2D eigenvalue weighted by Gasteiger charge is 2.19. The van der Waals surface area contributed by atoms with Gasteiger partial charge in [-0.3, -0.25) is 0 Å². The van der Waals surface area contributed by atoms with E-state index < -0.39 is 0 Å². The molecular weight excluding hydrogens is 222 g/mol. The van der Waals surface area contributed by atoms with Gasteiger partial charge in [0.25, 0.3) is 0 Å². The summed E-state index contributed by atoms with van der Waals surface area (Å²) >= 11 is 0. The Labute approximate surface area is 113 Å². The molecule has 0 aliphatic heterocycles. The summed E-state index contributed by atoms with van der Waals surface area (Å²) in [5.41, 5.74) is 0. The number of ether oxygens (including phenoxy) is 1. The van der Waals surface area contributed by atoms with Gasteiger partial charge in [-0.05, 0) is 45.1 Å². The van der Waals surface area contributed by atoms with Crippen molar-refractivity contribution >= 4 is 0 Å². The topological polar surface area (TPSA) is 21.3 Å². The van der Waals surface area contributed by atoms with Crippen molar-refractivity contribution in [3.05, 3.63) is 0 Å². The molecule has 0 saturated heterocycles. The van der Waals surface area contributed by atoms with E-state index in [-0.39, 0.29) is 0 Å². The predicted molar refractivity (Wildman–Crippen MR) is 76.9 cm³/mol. The Morgan fingerprint density at radius 2 is 1.83 bits per heavy atom. The van der Waals surface area contributed by atoms with Crippen molar-refractivity contribution < 1.29 is 4.74 Å². The third-order valence-electron chi connectivity index (χ3n) is 4.63. The van der Waals surface area contributed by atoms with E-state index in [1.54, 1.807) is 0 Å². The molecule has 2 heteroatoms. The Balaban J connectivity index is 1.40. The van der Waals surface area contributed by atoms with Crippen molar-refractivity contribution in [2.75, 3.05) is 13.2 Å². The zero-order chi connectivity index (χ0) is 12.6. The van der Waals surface area contributed by atoms with Gasteiger partial charge in [-0.25, -0.2) is 0 Å². The van der Waals surface area contributed by atoms with Crippen LogP contribution in [0, 0.1) is 5.92 Å². The van der Waals surface area contributed by atoms with E-state index in [9.17, 15) is 0 Å². The molecule has 0 spiro atoms. The lowest BCUT2D eigenvalue weighted by atomic mass is 9.81. The Morgan fingerprint density at radius 1 is 1.06 bits per heavy atom. The highest BCUT2D eigenvalue weighted by molar-refractivity contribution is 4.74. The summed E-state index contributed by atoms with van der Waals surface area (Å²) in [7, 11) is 0. The van der Waals surface area contributed by atoms with Crippen molar-refractivity contribution in [3.63, 3.8) is 0 Å². The summed E-state index contributed by atoms with van der Waals surface area (Å²) in [6.07, 6.45) is 14.3. The van der Waals surface area contributed by atoms with Crippen molar-refractivity contribution in [2.24, 2.45) is 5.92 Å². The van der Waals surface area contributed by atoms with E-state index in [1.165, 1.54) is 64.2 Å². The second-order valence-electron chi connectivity index (χ2n) is 6.37. The first kappa shape index (κ1) is 14.3. The first-order valence-corrected chi connectivity index (χ1v) is 8.19. The third-order valence-corrected chi connectivity index (χ3v) is 4.63. The van der Waals surface area contributed by atoms with E-state index in [4.69, 9.17) is 4.74 Å². The molecule has 0 heterocycles. The summed E-state index contributed by atoms with van der Waals surface area (Å²) < 4.78 is 5.94. The van der Waals surface area contributed by atoms with Gasteiger partial charge in [0.1, 0.15) is 0 Å². The van der Waals surface area contributed by atoms with Gasteiger partial charge in [-0.2, -0.15) is 0 Å². The molecule has 2 rings (SSSR count). The van der Waals surface area contributed by atoms with E-state index >= 15 is 0 Å². The summed E-state index contributed by atoms with van der Waals surface area (Å²) in [4.78, 5) is 0. The second-order valence-corrected chi connectivity index (χ2v) is 6.37. The molecule has 106 valence electrons. The van der Waals surface area contributed by atoms with Gasteiger partial charge in [0.05, 0.1) is 6.10 Å². The van der Waals surface area contributed by atoms with Gasteiger partial charge in [-0.1, -0.05) is 38.5 Å². The van der Waals surface area contributed by atoms with Crippen LogP contribution in [-0.2, 0) is 4.74 Å². The molecule has 2 nitrogen and oxygen atoms in total. The molecule has 0 bridgehead atoms. The van der Waals surface area contributed by atoms with E-state index in [0.717, 1.165) is 19.1 Å². The van der Waals surface area contributed by atoms with Gasteiger partial charge in [-0.15, -0.1) is 0 Å². The standard InChI is InChI=1S/C16H31NO/c1-14(13-15-7-5-8-15)17-11-6-12-18-16-9-3-2-4-10-16/h14-17H,2-13H2,1H3. The molecule has 2 saturated carbocycles. The maximum absolute atomic E-state index is 5.94. The van der Waals surface area contributed by atoms with Gasteiger partial charge in [0, 0.05) is 12.6 Å². The van der Waals surface area contributed by atoms with Crippen LogP contribution in [0.4, 0.5) is 0 Å². The molecule has 0 aromatic rings. The summed E-state index contributed by atoms with van der Waals surface area (Å²) in [5.74, 6) is 1.02. The average Bonchev–Trinajstić information content (AvgIpc) is 2.35. The van der Waals surface area contributed by atoms with Crippen LogP contribution in [0.1, 0.15) is 71.1 Å². The third kappa shape index (κ3) is 5.27. The summed E-state index contributed by atoms with van der Waals surface area (Å²) in [6, 6.07) is 0.699. The van der Waals surface area contributed by atoms with Crippen LogP contribution in [0.5, 0.6) is 0 Å². The molecule has 0 aromatic heterocycles. The van der Waals surface area contributed by atoms with Crippen molar-refractivity contribution in [1.29, 1.82) is 0 Å². The monoisotopic (exact) mass is 253 g/mol. The fourth-order valence-electron chi connectivity index (χ4n) is 3.21. The first-order chi connectivity index (χ1) is 8.84. The fraction of sp³-hybridized carbons (Fsp3) is 1.00. The van der Waals surface area contributed by atoms with Crippen molar-refractivity contribution in [3.8, 4) is 0 Å². The zero-order valence-corrected chi connectivity index (χ0v) is 12.1. The van der Waals surface area contributed by atoms with Crippen LogP contribution in [0.2, 0.25) is 0 Å². The quantitative estimate of drug-likeness (QED) is 0.663. The highest BCUT2D eigenvalue weighted by atomic mass is 16.5. The Kier molecular flexibility index (Phi) is 6.50. The maximum Gasteiger partial charge on any atom is 0.0575 e. The smallest absolute Gasteiger partial charge is 0.0575 e. The number of rotatable bonds is 8. The SMILES string of the molecule is CC(CC1CCC1)NCCCOC1CCCCC1. The Morgan fingerprint density at radius 3 is 2.50 bits per heavy atom. The molecule has 2 aliphatic carbocycles. The van der Waals surface area contributed by atoms with Gasteiger partial charge >= 0.3 is 0 Å². The van der Waals surface area contributed by atoms with Gasteiger partial charge in [0.2, 0.25) is 0 Å². The van der Waals surface area contributed by atoms with Crippen LogP contribution in [0.3, 0.4) is 0 Å². The largest absolute Gasteiger partial charge is 0.378 e. The van der Waals surface area contributed by atoms with E-state index in [0.29, 0.717) is 12.1 Å². The molecule has 1 N–H and O–H groups in total. The number of nitrogens with one attached hydrogen (secondary N) is 1. The molecule has 0 aromatic carbocycles. The molecule has 18 heavy (non-hydrogen) atoms. The highest BCUT2D eigenvalue weighted by Crippen LogP contribution is 2.30. The van der Waals surface area contributed by atoms with Crippen LogP contribution >= 0.6 is 0 Å². The summed E-state index contributed by atoms with van der Waals surface area (Å²) in [5, 5.41) is 3.64. The van der Waals surface area contributed by atoms with Crippen LogP contribution < -0.4 is 5.32 Å². The Hall–Kier alpha value is -0.0800. The lowest BCUT2D eigenvalue weighted by Gasteiger charge is -2.28. The molecule has 1 unspecified atom stereocenters. The van der Waals surface area contributed by atoms with Crippen LogP contribution in [-0.4, -0.2) is 25.3 Å². The average molecular weight is 253 g/mol. The number of hydrogen-bond donors (Lipinski definition) is 1. The minimum Gasteiger partial charge on any atom is -0.378 e.